The summed E-state index contributed by atoms with van der Waals surface area (Å²) in [6, 6.07) is 10.7. The Kier molecular flexibility index (Phi) is 4.53. The number of hydrogen-bond donors (Lipinski definition) is 1. The Hall–Kier alpha value is -1.87. The second-order valence-electron chi connectivity index (χ2n) is 4.63. The van der Waals surface area contributed by atoms with Crippen molar-refractivity contribution in [3.05, 3.63) is 59.4 Å². The highest BCUT2D eigenvalue weighted by molar-refractivity contribution is 5.31. The highest BCUT2D eigenvalue weighted by atomic mass is 16.5. The third-order valence-corrected chi connectivity index (χ3v) is 3.41. The molecule has 0 bridgehead atoms. The zero-order valence-corrected chi connectivity index (χ0v) is 11.7. The predicted octanol–water partition coefficient (Wildman–Crippen LogP) is 2.90. The van der Waals surface area contributed by atoms with Gasteiger partial charge in [0.25, 0.3) is 0 Å². The van der Waals surface area contributed by atoms with E-state index >= 15 is 0 Å². The van der Waals surface area contributed by atoms with Gasteiger partial charge in [-0.3, -0.25) is 4.98 Å². The molecule has 0 aliphatic carbocycles. The lowest BCUT2D eigenvalue weighted by atomic mass is 9.97. The number of nitrogens with zero attached hydrogens (tertiary/aromatic N) is 1. The van der Waals surface area contributed by atoms with Crippen LogP contribution in [0.25, 0.3) is 0 Å². The Labute approximate surface area is 114 Å². The molecule has 1 unspecified atom stereocenters. The van der Waals surface area contributed by atoms with Crippen molar-refractivity contribution in [1.82, 2.24) is 10.3 Å². The van der Waals surface area contributed by atoms with Crippen LogP contribution >= 0.6 is 0 Å². The molecule has 0 spiro atoms. The van der Waals surface area contributed by atoms with E-state index in [2.05, 4.69) is 41.5 Å². The number of hydrogen-bond acceptors (Lipinski definition) is 3. The van der Waals surface area contributed by atoms with Crippen LogP contribution in [-0.4, -0.2) is 19.1 Å². The summed E-state index contributed by atoms with van der Waals surface area (Å²) in [6.45, 7) is 2.14. The zero-order chi connectivity index (χ0) is 13.7. The van der Waals surface area contributed by atoms with Gasteiger partial charge in [0.05, 0.1) is 13.3 Å². The Morgan fingerprint density at radius 3 is 2.74 bits per heavy atom. The van der Waals surface area contributed by atoms with Crippen LogP contribution in [0.4, 0.5) is 0 Å². The van der Waals surface area contributed by atoms with Gasteiger partial charge in [0.1, 0.15) is 5.75 Å². The number of pyridine rings is 1. The third-order valence-electron chi connectivity index (χ3n) is 3.41. The van der Waals surface area contributed by atoms with E-state index in [1.54, 1.807) is 13.3 Å². The van der Waals surface area contributed by atoms with Crippen LogP contribution in [0.15, 0.2) is 42.7 Å². The highest BCUT2D eigenvalue weighted by Gasteiger charge is 2.12. The van der Waals surface area contributed by atoms with Crippen molar-refractivity contribution in [2.24, 2.45) is 0 Å². The molecule has 1 heterocycles. The number of benzene rings is 1. The Balaban J connectivity index is 2.22. The highest BCUT2D eigenvalue weighted by Crippen LogP contribution is 2.22. The van der Waals surface area contributed by atoms with E-state index in [9.17, 15) is 0 Å². The smallest absolute Gasteiger partial charge is 0.137 e. The molecule has 0 fully saturated rings. The summed E-state index contributed by atoms with van der Waals surface area (Å²) >= 11 is 0. The molecule has 2 aromatic rings. The summed E-state index contributed by atoms with van der Waals surface area (Å²) in [5.74, 6) is 0.794. The van der Waals surface area contributed by atoms with Gasteiger partial charge in [-0.1, -0.05) is 24.3 Å². The molecule has 0 aliphatic rings. The molecule has 0 saturated heterocycles. The van der Waals surface area contributed by atoms with Gasteiger partial charge in [0, 0.05) is 12.2 Å². The van der Waals surface area contributed by atoms with Gasteiger partial charge < -0.3 is 10.1 Å². The molecule has 0 aliphatic heterocycles. The molecule has 19 heavy (non-hydrogen) atoms. The summed E-state index contributed by atoms with van der Waals surface area (Å²) in [7, 11) is 3.64. The molecule has 3 nitrogen and oxygen atoms in total. The lowest BCUT2D eigenvalue weighted by Gasteiger charge is -2.18. The van der Waals surface area contributed by atoms with Crippen molar-refractivity contribution in [3.63, 3.8) is 0 Å². The number of ether oxygens (including phenoxy) is 1. The number of likely N-dealkylation sites (N-methyl/N-ethyl adjacent to an activating group) is 1. The van der Waals surface area contributed by atoms with Crippen LogP contribution in [0.5, 0.6) is 5.75 Å². The summed E-state index contributed by atoms with van der Waals surface area (Å²) in [5, 5.41) is 3.35. The van der Waals surface area contributed by atoms with E-state index in [0.29, 0.717) is 0 Å². The first-order chi connectivity index (χ1) is 9.24. The maximum atomic E-state index is 5.23. The number of aromatic nitrogens is 1. The van der Waals surface area contributed by atoms with Crippen LogP contribution in [0, 0.1) is 6.92 Å². The zero-order valence-electron chi connectivity index (χ0n) is 11.7. The molecule has 1 aromatic heterocycles. The van der Waals surface area contributed by atoms with Gasteiger partial charge in [-0.05, 0) is 43.1 Å². The first kappa shape index (κ1) is 13.6. The van der Waals surface area contributed by atoms with Gasteiger partial charge in [0.15, 0.2) is 0 Å². The quantitative estimate of drug-likeness (QED) is 0.893. The number of aryl methyl sites for hydroxylation is 1. The summed E-state index contributed by atoms with van der Waals surface area (Å²) in [4.78, 5) is 4.22. The molecule has 3 heteroatoms. The summed E-state index contributed by atoms with van der Waals surface area (Å²) in [5.41, 5.74) is 3.81. The van der Waals surface area contributed by atoms with Crippen LogP contribution < -0.4 is 10.1 Å². The second kappa shape index (κ2) is 6.34. The SMILES string of the molecule is CNC(Cc1ccccc1C)c1cncc(OC)c1. The van der Waals surface area contributed by atoms with Crippen molar-refractivity contribution in [3.8, 4) is 5.75 Å². The largest absolute Gasteiger partial charge is 0.495 e. The fourth-order valence-corrected chi connectivity index (χ4v) is 2.18. The van der Waals surface area contributed by atoms with Crippen molar-refractivity contribution in [1.29, 1.82) is 0 Å². The molecule has 0 radical (unpaired) electrons. The van der Waals surface area contributed by atoms with Gasteiger partial charge in [-0.15, -0.1) is 0 Å². The molecular weight excluding hydrogens is 236 g/mol. The maximum Gasteiger partial charge on any atom is 0.137 e. The third kappa shape index (κ3) is 3.32. The van der Waals surface area contributed by atoms with E-state index in [1.807, 2.05) is 19.3 Å². The topological polar surface area (TPSA) is 34.2 Å². The van der Waals surface area contributed by atoms with Gasteiger partial charge in [-0.25, -0.2) is 0 Å². The molecule has 1 atom stereocenters. The van der Waals surface area contributed by atoms with E-state index in [0.717, 1.165) is 17.7 Å². The van der Waals surface area contributed by atoms with Crippen LogP contribution in [-0.2, 0) is 6.42 Å². The van der Waals surface area contributed by atoms with Crippen LogP contribution in [0.2, 0.25) is 0 Å². The molecule has 100 valence electrons. The fraction of sp³-hybridized carbons (Fsp3) is 0.312. The van der Waals surface area contributed by atoms with Gasteiger partial charge >= 0.3 is 0 Å². The molecule has 1 N–H and O–H groups in total. The minimum Gasteiger partial charge on any atom is -0.495 e. The predicted molar refractivity (Wildman–Crippen MR) is 77.5 cm³/mol. The Bertz CT molecular complexity index is 540. The van der Waals surface area contributed by atoms with Crippen LogP contribution in [0.1, 0.15) is 22.7 Å². The average Bonchev–Trinajstić information content (AvgIpc) is 2.46. The molecule has 1 aromatic carbocycles. The standard InChI is InChI=1S/C16H20N2O/c1-12-6-4-5-7-13(12)9-16(17-2)14-8-15(19-3)11-18-10-14/h4-8,10-11,16-17H,9H2,1-3H3. The molecular formula is C16H20N2O. The van der Waals surface area contributed by atoms with Crippen LogP contribution in [0.3, 0.4) is 0 Å². The first-order valence-corrected chi connectivity index (χ1v) is 6.45. The minimum absolute atomic E-state index is 0.240. The van der Waals surface area contributed by atoms with Crippen molar-refractivity contribution in [2.75, 3.05) is 14.2 Å². The van der Waals surface area contributed by atoms with Gasteiger partial charge in [0.2, 0.25) is 0 Å². The van der Waals surface area contributed by atoms with E-state index in [4.69, 9.17) is 4.74 Å². The molecule has 0 saturated carbocycles. The van der Waals surface area contributed by atoms with Crippen molar-refractivity contribution in [2.45, 2.75) is 19.4 Å². The number of nitrogens with one attached hydrogen (secondary N) is 1. The molecule has 2 rings (SSSR count). The number of methoxy groups -OCH3 is 1. The van der Waals surface area contributed by atoms with E-state index in [-0.39, 0.29) is 6.04 Å². The maximum absolute atomic E-state index is 5.23. The first-order valence-electron chi connectivity index (χ1n) is 6.45. The normalized spacial score (nSPS) is 12.2. The molecule has 0 amide bonds. The van der Waals surface area contributed by atoms with Gasteiger partial charge in [-0.2, -0.15) is 0 Å². The minimum atomic E-state index is 0.240. The lowest BCUT2D eigenvalue weighted by molar-refractivity contribution is 0.411. The number of rotatable bonds is 5. The monoisotopic (exact) mass is 256 g/mol. The van der Waals surface area contributed by atoms with E-state index in [1.165, 1.54) is 11.1 Å². The second-order valence-corrected chi connectivity index (χ2v) is 4.63. The Morgan fingerprint density at radius 2 is 2.05 bits per heavy atom. The lowest BCUT2D eigenvalue weighted by Crippen LogP contribution is -2.19. The fourth-order valence-electron chi connectivity index (χ4n) is 2.18. The average molecular weight is 256 g/mol. The Morgan fingerprint density at radius 1 is 1.26 bits per heavy atom. The summed E-state index contributed by atoms with van der Waals surface area (Å²) in [6.07, 6.45) is 4.56. The van der Waals surface area contributed by atoms with E-state index < -0.39 is 0 Å². The van der Waals surface area contributed by atoms with Crippen molar-refractivity contribution >= 4 is 0 Å². The summed E-state index contributed by atoms with van der Waals surface area (Å²) < 4.78 is 5.23. The van der Waals surface area contributed by atoms with Crippen molar-refractivity contribution < 1.29 is 4.74 Å².